The minimum atomic E-state index is -3.79. The number of furan rings is 1. The molecular weight excluding hydrogens is 435 g/mol. The third kappa shape index (κ3) is 5.18. The number of amides is 2. The Kier molecular flexibility index (Phi) is 7.19. The zero-order valence-corrected chi connectivity index (χ0v) is 20.1. The molecule has 0 saturated heterocycles. The molecule has 0 aliphatic carbocycles. The third-order valence-electron chi connectivity index (χ3n) is 4.94. The minimum Gasteiger partial charge on any atom is -0.450 e. The van der Waals surface area contributed by atoms with Gasteiger partial charge >= 0.3 is 6.03 Å². The smallest absolute Gasteiger partial charge is 0.354 e. The van der Waals surface area contributed by atoms with Crippen molar-refractivity contribution in [3.63, 3.8) is 0 Å². The quantitative estimate of drug-likeness (QED) is 0.570. The summed E-state index contributed by atoms with van der Waals surface area (Å²) in [5, 5.41) is 27.5. The second kappa shape index (κ2) is 9.02. The molecular formula is C22H29FN4O4S. The van der Waals surface area contributed by atoms with Crippen molar-refractivity contribution in [1.82, 2.24) is 0 Å². The van der Waals surface area contributed by atoms with Crippen molar-refractivity contribution >= 4 is 21.6 Å². The number of nitrogens with two attached hydrogens (primary N) is 1. The fourth-order valence-corrected chi connectivity index (χ4v) is 4.34. The number of anilines is 1. The van der Waals surface area contributed by atoms with E-state index in [1.807, 2.05) is 19.9 Å². The van der Waals surface area contributed by atoms with Gasteiger partial charge in [0.05, 0.1) is 16.9 Å². The van der Waals surface area contributed by atoms with E-state index in [9.17, 15) is 23.8 Å². The number of nitrogens with zero attached hydrogens (tertiary/aromatic N) is 2. The molecule has 0 spiro atoms. The Morgan fingerprint density at radius 2 is 1.91 bits per heavy atom. The molecule has 1 atom stereocenters. The van der Waals surface area contributed by atoms with Crippen LogP contribution in [0.4, 0.5) is 14.9 Å². The van der Waals surface area contributed by atoms with Gasteiger partial charge in [-0.3, -0.25) is 0 Å². The van der Waals surface area contributed by atoms with Gasteiger partial charge in [0, 0.05) is 17.2 Å². The Morgan fingerprint density at radius 1 is 1.31 bits per heavy atom. The molecule has 8 nitrogen and oxygen atoms in total. The van der Waals surface area contributed by atoms with Crippen LogP contribution in [0, 0.1) is 24.1 Å². The number of carbonyl (C=O) groups excluding carboxylic acids is 1. The molecule has 0 fully saturated rings. The number of benzene rings is 1. The van der Waals surface area contributed by atoms with Crippen molar-refractivity contribution < 1.29 is 22.9 Å². The van der Waals surface area contributed by atoms with Gasteiger partial charge in [-0.25, -0.2) is 18.5 Å². The Hall–Kier alpha value is -2.74. The van der Waals surface area contributed by atoms with Gasteiger partial charge in [-0.05, 0) is 44.2 Å². The van der Waals surface area contributed by atoms with E-state index in [1.165, 1.54) is 26.0 Å². The Balaban J connectivity index is 2.58. The summed E-state index contributed by atoms with van der Waals surface area (Å²) in [6.45, 7) is 11.7. The fourth-order valence-electron chi connectivity index (χ4n) is 3.42. The summed E-state index contributed by atoms with van der Waals surface area (Å²) in [5.74, 6) is -0.952. The maximum absolute atomic E-state index is 14.9. The molecule has 2 amide bonds. The lowest BCUT2D eigenvalue weighted by Crippen LogP contribution is -2.20. The van der Waals surface area contributed by atoms with Crippen molar-refractivity contribution in [2.24, 2.45) is 9.50 Å². The highest BCUT2D eigenvalue weighted by Gasteiger charge is 2.27. The lowest BCUT2D eigenvalue weighted by Gasteiger charge is -2.21. The Bertz CT molecular complexity index is 1210. The van der Waals surface area contributed by atoms with Crippen LogP contribution in [0.2, 0.25) is 0 Å². The molecule has 1 aromatic heterocycles. The van der Waals surface area contributed by atoms with Crippen molar-refractivity contribution in [2.45, 2.75) is 71.0 Å². The molecule has 1 aromatic carbocycles. The highest BCUT2D eigenvalue weighted by atomic mass is 32.2. The van der Waals surface area contributed by atoms with E-state index in [1.54, 1.807) is 20.8 Å². The monoisotopic (exact) mass is 464 g/mol. The van der Waals surface area contributed by atoms with Crippen LogP contribution in [0.25, 0.3) is 0 Å². The molecule has 2 aromatic rings. The molecule has 0 saturated carbocycles. The van der Waals surface area contributed by atoms with Gasteiger partial charge in [-0.2, -0.15) is 5.26 Å². The van der Waals surface area contributed by atoms with Crippen molar-refractivity contribution in [1.29, 1.82) is 5.26 Å². The van der Waals surface area contributed by atoms with Crippen molar-refractivity contribution in [3.8, 4) is 6.07 Å². The van der Waals surface area contributed by atoms with Crippen LogP contribution < -0.4 is 10.5 Å². The number of hydrogen-bond acceptors (Lipinski definition) is 5. The molecule has 4 N–H and O–H groups in total. The maximum Gasteiger partial charge on any atom is 0.354 e. The van der Waals surface area contributed by atoms with E-state index >= 15 is 0 Å². The first-order valence-corrected chi connectivity index (χ1v) is 11.6. The summed E-state index contributed by atoms with van der Waals surface area (Å²) < 4.78 is 36.8. The predicted octanol–water partition coefficient (Wildman–Crippen LogP) is 5.01. The molecule has 0 aliphatic heterocycles. The number of urea groups is 1. The molecule has 0 unspecified atom stereocenters. The number of aryl methyl sites for hydroxylation is 1. The second-order valence-corrected chi connectivity index (χ2v) is 10.4. The summed E-state index contributed by atoms with van der Waals surface area (Å²) in [5.41, 5.74) is -0.181. The molecule has 10 heteroatoms. The minimum absolute atomic E-state index is 0.125. The van der Waals surface area contributed by atoms with Gasteiger partial charge in [0.25, 0.3) is 0 Å². The van der Waals surface area contributed by atoms with E-state index in [4.69, 9.17) is 9.56 Å². The number of aliphatic hydroxyl groups is 1. The number of carbonyl (C=O) groups is 1. The van der Waals surface area contributed by atoms with Gasteiger partial charge in [0.2, 0.25) is 5.09 Å². The molecule has 0 radical (unpaired) electrons. The summed E-state index contributed by atoms with van der Waals surface area (Å²) in [7, 11) is -3.79. The first-order valence-electron chi connectivity index (χ1n) is 10.1. The number of halogens is 1. The van der Waals surface area contributed by atoms with Gasteiger partial charge < -0.3 is 14.8 Å². The normalized spacial score (nSPS) is 13.7. The Morgan fingerprint density at radius 3 is 2.34 bits per heavy atom. The molecule has 1 heterocycles. The van der Waals surface area contributed by atoms with Crippen LogP contribution in [-0.2, 0) is 15.5 Å². The highest BCUT2D eigenvalue weighted by Crippen LogP contribution is 2.36. The van der Waals surface area contributed by atoms with Gasteiger partial charge in [0.15, 0.2) is 9.92 Å². The predicted molar refractivity (Wildman–Crippen MR) is 120 cm³/mol. The first-order chi connectivity index (χ1) is 14.6. The van der Waals surface area contributed by atoms with E-state index in [0.717, 1.165) is 0 Å². The van der Waals surface area contributed by atoms with E-state index in [0.29, 0.717) is 16.9 Å². The zero-order valence-electron chi connectivity index (χ0n) is 19.2. The highest BCUT2D eigenvalue weighted by molar-refractivity contribution is 7.91. The third-order valence-corrected chi connectivity index (χ3v) is 6.16. The SMILES string of the molecule is Cc1oc([S@](N)(=O)=NC(=O)Nc2c(C(C)C)cc(C#N)c(F)c2C(C)C)cc1C(C)(C)O. The van der Waals surface area contributed by atoms with E-state index in [2.05, 4.69) is 9.68 Å². The van der Waals surface area contributed by atoms with Crippen LogP contribution in [0.5, 0.6) is 0 Å². The molecule has 32 heavy (non-hydrogen) atoms. The van der Waals surface area contributed by atoms with Gasteiger partial charge in [0.1, 0.15) is 17.6 Å². The summed E-state index contributed by atoms with van der Waals surface area (Å²) in [6, 6.07) is 3.47. The average Bonchev–Trinajstić information content (AvgIpc) is 3.04. The fraction of sp³-hybridized carbons (Fsp3) is 0.455. The molecule has 2 rings (SSSR count). The van der Waals surface area contributed by atoms with Gasteiger partial charge in [-0.15, -0.1) is 4.36 Å². The topological polar surface area (TPSA) is 142 Å². The molecule has 0 aliphatic rings. The zero-order chi connectivity index (χ0) is 24.6. The average molecular weight is 465 g/mol. The number of nitrogens with one attached hydrogen (secondary N) is 1. The summed E-state index contributed by atoms with van der Waals surface area (Å²) in [6.07, 6.45) is 0. The summed E-state index contributed by atoms with van der Waals surface area (Å²) in [4.78, 5) is 12.7. The van der Waals surface area contributed by atoms with Crippen molar-refractivity contribution in [2.75, 3.05) is 5.32 Å². The Labute approximate surface area is 187 Å². The number of hydrogen-bond donors (Lipinski definition) is 3. The van der Waals surface area contributed by atoms with E-state index < -0.39 is 27.4 Å². The van der Waals surface area contributed by atoms with Crippen LogP contribution in [0.3, 0.4) is 0 Å². The largest absolute Gasteiger partial charge is 0.450 e. The molecule has 0 bridgehead atoms. The van der Waals surface area contributed by atoms with Crippen LogP contribution in [0.15, 0.2) is 26.0 Å². The summed E-state index contributed by atoms with van der Waals surface area (Å²) >= 11 is 0. The maximum atomic E-state index is 14.9. The number of rotatable bonds is 5. The second-order valence-electron chi connectivity index (χ2n) is 8.72. The lowest BCUT2D eigenvalue weighted by atomic mass is 9.90. The standard InChI is InChI=1S/C22H29FN4O4S/c1-11(2)15-8-14(10-24)19(23)18(12(3)4)20(15)26-21(28)27-32(25,30)17-9-16(13(5)31-17)22(6,7)29/h8-9,11-12,29H,1-7H3,(H3,25,26,27,28,30)/t32-/m1/s1. The van der Waals surface area contributed by atoms with Crippen LogP contribution in [0.1, 0.15) is 81.4 Å². The first kappa shape index (κ1) is 25.5. The van der Waals surface area contributed by atoms with Crippen LogP contribution in [-0.4, -0.2) is 15.3 Å². The molecule has 174 valence electrons. The lowest BCUT2D eigenvalue weighted by molar-refractivity contribution is 0.0769. The van der Waals surface area contributed by atoms with Gasteiger partial charge in [-0.1, -0.05) is 27.7 Å². The number of nitriles is 1. The van der Waals surface area contributed by atoms with Crippen LogP contribution >= 0.6 is 0 Å². The van der Waals surface area contributed by atoms with Crippen molar-refractivity contribution in [3.05, 3.63) is 46.0 Å². The van der Waals surface area contributed by atoms with E-state index in [-0.39, 0.29) is 33.7 Å².